The van der Waals surface area contributed by atoms with E-state index in [-0.39, 0.29) is 0 Å². The Balaban J connectivity index is 3.56. The minimum Gasteiger partial charge on any atom is -0.328 e. The van der Waals surface area contributed by atoms with E-state index in [4.69, 9.17) is 5.73 Å². The van der Waals surface area contributed by atoms with Gasteiger partial charge >= 0.3 is 0 Å². The lowest BCUT2D eigenvalue weighted by Gasteiger charge is -2.18. The zero-order valence-corrected chi connectivity index (χ0v) is 9.68. The third-order valence-electron chi connectivity index (χ3n) is 2.84. The van der Waals surface area contributed by atoms with E-state index in [1.807, 2.05) is 0 Å². The minimum absolute atomic E-state index is 0.451. The molecule has 13 heavy (non-hydrogen) atoms. The summed E-state index contributed by atoms with van der Waals surface area (Å²) in [5.41, 5.74) is 6.03. The van der Waals surface area contributed by atoms with Crippen molar-refractivity contribution in [2.75, 3.05) is 0 Å². The fourth-order valence-electron chi connectivity index (χ4n) is 1.90. The van der Waals surface area contributed by atoms with E-state index in [0.717, 1.165) is 5.92 Å². The third-order valence-corrected chi connectivity index (χ3v) is 2.84. The van der Waals surface area contributed by atoms with Crippen LogP contribution in [0, 0.1) is 5.92 Å². The third kappa shape index (κ3) is 7.06. The van der Waals surface area contributed by atoms with E-state index in [2.05, 4.69) is 20.8 Å². The van der Waals surface area contributed by atoms with Crippen molar-refractivity contribution >= 4 is 0 Å². The molecule has 0 radical (unpaired) electrons. The van der Waals surface area contributed by atoms with Crippen molar-refractivity contribution in [3.63, 3.8) is 0 Å². The summed E-state index contributed by atoms with van der Waals surface area (Å²) < 4.78 is 0. The van der Waals surface area contributed by atoms with Crippen LogP contribution in [-0.2, 0) is 0 Å². The highest BCUT2D eigenvalue weighted by atomic mass is 14.6. The van der Waals surface area contributed by atoms with Crippen molar-refractivity contribution in [1.29, 1.82) is 0 Å². The normalized spacial score (nSPS) is 15.7. The number of nitrogens with two attached hydrogens (primary N) is 1. The van der Waals surface area contributed by atoms with Crippen LogP contribution >= 0.6 is 0 Å². The molecule has 2 N–H and O–H groups in total. The topological polar surface area (TPSA) is 26.0 Å². The molecule has 2 unspecified atom stereocenters. The maximum Gasteiger partial charge on any atom is 0.00413 e. The smallest absolute Gasteiger partial charge is 0.00413 e. The van der Waals surface area contributed by atoms with Crippen LogP contribution in [0.3, 0.4) is 0 Å². The first kappa shape index (κ1) is 13.0. The van der Waals surface area contributed by atoms with E-state index in [1.54, 1.807) is 0 Å². The van der Waals surface area contributed by atoms with Crippen molar-refractivity contribution in [2.24, 2.45) is 11.7 Å². The van der Waals surface area contributed by atoms with Gasteiger partial charge in [-0.15, -0.1) is 0 Å². The quantitative estimate of drug-likeness (QED) is 0.613. The molecule has 2 atom stereocenters. The standard InChI is InChI=1S/C12H27N/c1-4-7-9-11(6-3)10-12(13)8-5-2/h11-12H,4-10,13H2,1-3H3. The molecule has 0 saturated carbocycles. The van der Waals surface area contributed by atoms with Gasteiger partial charge in [0, 0.05) is 6.04 Å². The van der Waals surface area contributed by atoms with Gasteiger partial charge < -0.3 is 5.73 Å². The lowest BCUT2D eigenvalue weighted by molar-refractivity contribution is 0.374. The summed E-state index contributed by atoms with van der Waals surface area (Å²) >= 11 is 0. The summed E-state index contributed by atoms with van der Waals surface area (Å²) in [6.07, 6.45) is 9.04. The number of hydrogen-bond acceptors (Lipinski definition) is 1. The Morgan fingerprint density at radius 3 is 2.15 bits per heavy atom. The molecule has 0 amide bonds. The summed E-state index contributed by atoms with van der Waals surface area (Å²) in [6, 6.07) is 0.451. The molecular weight excluding hydrogens is 158 g/mol. The van der Waals surface area contributed by atoms with E-state index in [9.17, 15) is 0 Å². The largest absolute Gasteiger partial charge is 0.328 e. The van der Waals surface area contributed by atoms with Gasteiger partial charge in [-0.25, -0.2) is 0 Å². The first-order valence-electron chi connectivity index (χ1n) is 6.00. The first-order chi connectivity index (χ1) is 6.24. The fourth-order valence-corrected chi connectivity index (χ4v) is 1.90. The van der Waals surface area contributed by atoms with Crippen molar-refractivity contribution in [3.8, 4) is 0 Å². The minimum atomic E-state index is 0.451. The lowest BCUT2D eigenvalue weighted by Crippen LogP contribution is -2.23. The Morgan fingerprint density at radius 2 is 1.69 bits per heavy atom. The molecule has 0 aliphatic heterocycles. The Hall–Kier alpha value is -0.0400. The van der Waals surface area contributed by atoms with E-state index in [0.29, 0.717) is 6.04 Å². The molecule has 0 bridgehead atoms. The zero-order chi connectivity index (χ0) is 10.1. The number of unbranched alkanes of at least 4 members (excludes halogenated alkanes) is 1. The van der Waals surface area contributed by atoms with E-state index < -0.39 is 0 Å². The monoisotopic (exact) mass is 185 g/mol. The Kier molecular flexibility index (Phi) is 8.53. The molecule has 1 heteroatoms. The van der Waals surface area contributed by atoms with Crippen molar-refractivity contribution in [3.05, 3.63) is 0 Å². The van der Waals surface area contributed by atoms with Crippen molar-refractivity contribution in [1.82, 2.24) is 0 Å². The van der Waals surface area contributed by atoms with Crippen LogP contribution in [0.2, 0.25) is 0 Å². The average molecular weight is 185 g/mol. The maximum absolute atomic E-state index is 6.03. The van der Waals surface area contributed by atoms with Crippen LogP contribution in [0.5, 0.6) is 0 Å². The van der Waals surface area contributed by atoms with Crippen LogP contribution in [0.15, 0.2) is 0 Å². The Labute approximate surface area is 84.1 Å². The van der Waals surface area contributed by atoms with E-state index >= 15 is 0 Å². The van der Waals surface area contributed by atoms with E-state index in [1.165, 1.54) is 44.9 Å². The summed E-state index contributed by atoms with van der Waals surface area (Å²) in [6.45, 7) is 6.77. The van der Waals surface area contributed by atoms with Crippen molar-refractivity contribution < 1.29 is 0 Å². The fraction of sp³-hybridized carbons (Fsp3) is 1.00. The molecule has 0 aromatic heterocycles. The van der Waals surface area contributed by atoms with Gasteiger partial charge in [0.2, 0.25) is 0 Å². The predicted octanol–water partition coefficient (Wildman–Crippen LogP) is 3.72. The van der Waals surface area contributed by atoms with Crippen LogP contribution in [0.1, 0.15) is 65.7 Å². The Bertz CT molecular complexity index is 101. The summed E-state index contributed by atoms with van der Waals surface area (Å²) in [7, 11) is 0. The van der Waals surface area contributed by atoms with Gasteiger partial charge in [-0.3, -0.25) is 0 Å². The first-order valence-corrected chi connectivity index (χ1v) is 6.00. The molecular formula is C12H27N. The van der Waals surface area contributed by atoms with Gasteiger partial charge in [0.25, 0.3) is 0 Å². The molecule has 0 aromatic carbocycles. The molecule has 0 rings (SSSR count). The number of rotatable bonds is 8. The maximum atomic E-state index is 6.03. The molecule has 0 saturated heterocycles. The molecule has 0 spiro atoms. The second-order valence-electron chi connectivity index (χ2n) is 4.20. The summed E-state index contributed by atoms with van der Waals surface area (Å²) in [5.74, 6) is 0.876. The van der Waals surface area contributed by atoms with Gasteiger partial charge in [-0.05, 0) is 18.8 Å². The molecule has 1 nitrogen and oxygen atoms in total. The molecule has 0 aliphatic rings. The van der Waals surface area contributed by atoms with Crippen LogP contribution < -0.4 is 5.73 Å². The predicted molar refractivity (Wildman–Crippen MR) is 60.8 cm³/mol. The molecule has 0 aromatic rings. The van der Waals surface area contributed by atoms with Gasteiger partial charge in [-0.2, -0.15) is 0 Å². The van der Waals surface area contributed by atoms with Gasteiger partial charge in [-0.1, -0.05) is 52.9 Å². The molecule has 80 valence electrons. The average Bonchev–Trinajstić information content (AvgIpc) is 2.12. The van der Waals surface area contributed by atoms with Crippen LogP contribution in [0.25, 0.3) is 0 Å². The highest BCUT2D eigenvalue weighted by molar-refractivity contribution is 4.67. The molecule has 0 heterocycles. The van der Waals surface area contributed by atoms with Gasteiger partial charge in [0.1, 0.15) is 0 Å². The Morgan fingerprint density at radius 1 is 1.00 bits per heavy atom. The zero-order valence-electron chi connectivity index (χ0n) is 9.68. The van der Waals surface area contributed by atoms with Crippen LogP contribution in [-0.4, -0.2) is 6.04 Å². The van der Waals surface area contributed by atoms with Crippen molar-refractivity contribution in [2.45, 2.75) is 71.8 Å². The second-order valence-corrected chi connectivity index (χ2v) is 4.20. The highest BCUT2D eigenvalue weighted by Crippen LogP contribution is 2.19. The van der Waals surface area contributed by atoms with Crippen LogP contribution in [0.4, 0.5) is 0 Å². The van der Waals surface area contributed by atoms with Gasteiger partial charge in [0.15, 0.2) is 0 Å². The molecule has 0 aliphatic carbocycles. The highest BCUT2D eigenvalue weighted by Gasteiger charge is 2.10. The number of hydrogen-bond donors (Lipinski definition) is 1. The summed E-state index contributed by atoms with van der Waals surface area (Å²) in [4.78, 5) is 0. The lowest BCUT2D eigenvalue weighted by atomic mass is 9.91. The molecule has 0 fully saturated rings. The second kappa shape index (κ2) is 8.55. The summed E-state index contributed by atoms with van der Waals surface area (Å²) in [5, 5.41) is 0. The SMILES string of the molecule is CCCCC(CC)CC(N)CCC. The van der Waals surface area contributed by atoms with Gasteiger partial charge in [0.05, 0.1) is 0 Å².